The van der Waals surface area contributed by atoms with Crippen LogP contribution in [0.1, 0.15) is 26.3 Å². The molecule has 0 aliphatic carbocycles. The van der Waals surface area contributed by atoms with E-state index in [0.29, 0.717) is 0 Å². The van der Waals surface area contributed by atoms with Gasteiger partial charge in [-0.1, -0.05) is 0 Å². The van der Waals surface area contributed by atoms with Gasteiger partial charge in [0.25, 0.3) is 0 Å². The van der Waals surface area contributed by atoms with Gasteiger partial charge in [-0.15, -0.1) is 0 Å². The lowest BCUT2D eigenvalue weighted by atomic mass is 10.0. The highest BCUT2D eigenvalue weighted by molar-refractivity contribution is 5.96. The van der Waals surface area contributed by atoms with Gasteiger partial charge in [-0.05, 0) is 24.6 Å². The van der Waals surface area contributed by atoms with Crippen molar-refractivity contribution in [2.45, 2.75) is 6.92 Å². The van der Waals surface area contributed by atoms with E-state index in [9.17, 15) is 19.8 Å². The minimum absolute atomic E-state index is 0.0500. The summed E-state index contributed by atoms with van der Waals surface area (Å²) in [6.45, 7) is 1.36. The van der Waals surface area contributed by atoms with Gasteiger partial charge in [0, 0.05) is 16.8 Å². The van der Waals surface area contributed by atoms with Gasteiger partial charge in [-0.2, -0.15) is 0 Å². The number of anilines is 1. The van der Waals surface area contributed by atoms with Crippen LogP contribution < -0.4 is 15.9 Å². The Morgan fingerprint density at radius 1 is 1.14 bits per heavy atom. The second-order valence-electron chi connectivity index (χ2n) is 2.82. The third kappa shape index (κ3) is 1.66. The van der Waals surface area contributed by atoms with Crippen molar-refractivity contribution in [2.24, 2.45) is 0 Å². The Bertz CT molecular complexity index is 376. The van der Waals surface area contributed by atoms with E-state index in [1.54, 1.807) is 0 Å². The van der Waals surface area contributed by atoms with E-state index in [0.717, 1.165) is 12.1 Å². The maximum atomic E-state index is 10.6. The minimum Gasteiger partial charge on any atom is -0.545 e. The van der Waals surface area contributed by atoms with Crippen LogP contribution in [-0.4, -0.2) is 11.9 Å². The van der Waals surface area contributed by atoms with E-state index in [-0.39, 0.29) is 22.4 Å². The first kappa shape index (κ1) is 10.0. The quantitative estimate of drug-likeness (QED) is 0.563. The van der Waals surface area contributed by atoms with Crippen molar-refractivity contribution in [1.29, 1.82) is 0 Å². The molecular formula is C9H7NO4-2. The van der Waals surface area contributed by atoms with Gasteiger partial charge in [0.15, 0.2) is 0 Å². The average molecular weight is 193 g/mol. The normalized spacial score (nSPS) is 9.79. The SMILES string of the molecule is Cc1c(C(=O)[O-])cc(N)cc1C(=O)[O-]. The number of carboxylic acid groups (broad SMARTS) is 2. The molecule has 0 atom stereocenters. The summed E-state index contributed by atoms with van der Waals surface area (Å²) in [5.41, 5.74) is 4.99. The molecule has 0 aliphatic rings. The molecule has 1 aromatic carbocycles. The third-order valence-electron chi connectivity index (χ3n) is 1.87. The van der Waals surface area contributed by atoms with Crippen LogP contribution in [0.4, 0.5) is 5.69 Å². The Hall–Kier alpha value is -2.04. The smallest absolute Gasteiger partial charge is 0.0718 e. The van der Waals surface area contributed by atoms with E-state index in [1.165, 1.54) is 6.92 Å². The average Bonchev–Trinajstić information content (AvgIpc) is 2.07. The summed E-state index contributed by atoms with van der Waals surface area (Å²) >= 11 is 0. The molecule has 1 aromatic rings. The van der Waals surface area contributed by atoms with Crippen molar-refractivity contribution in [2.75, 3.05) is 5.73 Å². The second kappa shape index (κ2) is 3.37. The molecule has 0 heterocycles. The molecular weight excluding hydrogens is 186 g/mol. The first-order valence-corrected chi connectivity index (χ1v) is 3.76. The van der Waals surface area contributed by atoms with Crippen molar-refractivity contribution in [1.82, 2.24) is 0 Å². The topological polar surface area (TPSA) is 106 Å². The summed E-state index contributed by atoms with van der Waals surface area (Å²) in [5.74, 6) is -2.92. The molecule has 5 heteroatoms. The number of rotatable bonds is 2. The largest absolute Gasteiger partial charge is 0.545 e. The molecule has 0 bridgehead atoms. The van der Waals surface area contributed by atoms with Crippen LogP contribution in [0.5, 0.6) is 0 Å². The number of aromatic carboxylic acids is 2. The van der Waals surface area contributed by atoms with Crippen molar-refractivity contribution >= 4 is 17.6 Å². The zero-order chi connectivity index (χ0) is 10.9. The van der Waals surface area contributed by atoms with Crippen LogP contribution >= 0.6 is 0 Å². The van der Waals surface area contributed by atoms with Gasteiger partial charge in [0.2, 0.25) is 0 Å². The predicted octanol–water partition coefficient (Wildman–Crippen LogP) is -1.70. The van der Waals surface area contributed by atoms with Crippen LogP contribution in [0.2, 0.25) is 0 Å². The maximum absolute atomic E-state index is 10.6. The molecule has 0 saturated heterocycles. The molecule has 0 radical (unpaired) electrons. The molecule has 14 heavy (non-hydrogen) atoms. The van der Waals surface area contributed by atoms with Crippen LogP contribution in [0, 0.1) is 6.92 Å². The van der Waals surface area contributed by atoms with Crippen LogP contribution in [-0.2, 0) is 0 Å². The highest BCUT2D eigenvalue weighted by Gasteiger charge is 2.07. The Morgan fingerprint density at radius 2 is 1.50 bits per heavy atom. The number of hydrogen-bond acceptors (Lipinski definition) is 5. The van der Waals surface area contributed by atoms with Crippen LogP contribution in [0.15, 0.2) is 12.1 Å². The second-order valence-corrected chi connectivity index (χ2v) is 2.82. The van der Waals surface area contributed by atoms with Crippen molar-refractivity contribution < 1.29 is 19.8 Å². The molecule has 74 valence electrons. The van der Waals surface area contributed by atoms with Crippen molar-refractivity contribution in [3.05, 3.63) is 28.8 Å². The summed E-state index contributed by atoms with van der Waals surface area (Å²) in [4.78, 5) is 21.1. The predicted molar refractivity (Wildman–Crippen MR) is 44.3 cm³/mol. The Balaban J connectivity index is 3.47. The molecule has 1 rings (SSSR count). The zero-order valence-corrected chi connectivity index (χ0v) is 7.37. The van der Waals surface area contributed by atoms with E-state index < -0.39 is 11.9 Å². The summed E-state index contributed by atoms with van der Waals surface area (Å²) in [7, 11) is 0. The minimum atomic E-state index is -1.46. The number of benzene rings is 1. The maximum Gasteiger partial charge on any atom is 0.0718 e. The number of nitrogens with two attached hydrogens (primary N) is 1. The lowest BCUT2D eigenvalue weighted by molar-refractivity contribution is -0.255. The van der Waals surface area contributed by atoms with E-state index >= 15 is 0 Å². The lowest BCUT2D eigenvalue weighted by Crippen LogP contribution is -2.27. The number of carboxylic acids is 2. The van der Waals surface area contributed by atoms with Gasteiger partial charge in [-0.3, -0.25) is 0 Å². The highest BCUT2D eigenvalue weighted by Crippen LogP contribution is 2.17. The monoisotopic (exact) mass is 193 g/mol. The molecule has 0 amide bonds. The summed E-state index contributed by atoms with van der Waals surface area (Å²) < 4.78 is 0. The third-order valence-corrected chi connectivity index (χ3v) is 1.87. The first-order valence-electron chi connectivity index (χ1n) is 3.76. The zero-order valence-electron chi connectivity index (χ0n) is 7.37. The van der Waals surface area contributed by atoms with Crippen molar-refractivity contribution in [3.8, 4) is 0 Å². The first-order chi connectivity index (χ1) is 6.43. The van der Waals surface area contributed by atoms with E-state index in [1.807, 2.05) is 0 Å². The Labute approximate surface area is 79.8 Å². The molecule has 2 N–H and O–H groups in total. The molecule has 0 spiro atoms. The molecule has 5 nitrogen and oxygen atoms in total. The van der Waals surface area contributed by atoms with Gasteiger partial charge in [0.1, 0.15) is 0 Å². The molecule has 0 saturated carbocycles. The number of carbonyl (C=O) groups excluding carboxylic acids is 2. The van der Waals surface area contributed by atoms with Crippen molar-refractivity contribution in [3.63, 3.8) is 0 Å². The standard InChI is InChI=1S/C9H9NO4/c1-4-6(8(11)12)2-5(10)3-7(4)9(13)14/h2-3H,10H2,1H3,(H,11,12)(H,13,14)/p-2. The van der Waals surface area contributed by atoms with Gasteiger partial charge in [-0.25, -0.2) is 0 Å². The number of hydrogen-bond donors (Lipinski definition) is 1. The summed E-state index contributed by atoms with van der Waals surface area (Å²) in [6.07, 6.45) is 0. The lowest BCUT2D eigenvalue weighted by Gasteiger charge is -2.13. The van der Waals surface area contributed by atoms with E-state index in [2.05, 4.69) is 0 Å². The van der Waals surface area contributed by atoms with E-state index in [4.69, 9.17) is 5.73 Å². The molecule has 0 aromatic heterocycles. The Morgan fingerprint density at radius 3 is 1.79 bits per heavy atom. The van der Waals surface area contributed by atoms with Crippen LogP contribution in [0.3, 0.4) is 0 Å². The molecule has 0 fully saturated rings. The Kier molecular flexibility index (Phi) is 2.42. The van der Waals surface area contributed by atoms with Crippen LogP contribution in [0.25, 0.3) is 0 Å². The molecule has 0 aliphatic heterocycles. The fourth-order valence-electron chi connectivity index (χ4n) is 1.16. The fourth-order valence-corrected chi connectivity index (χ4v) is 1.16. The highest BCUT2D eigenvalue weighted by atomic mass is 16.4. The number of carbonyl (C=O) groups is 2. The van der Waals surface area contributed by atoms with Gasteiger partial charge in [0.05, 0.1) is 11.9 Å². The number of nitrogen functional groups attached to an aromatic ring is 1. The van der Waals surface area contributed by atoms with Gasteiger partial charge >= 0.3 is 0 Å². The summed E-state index contributed by atoms with van der Waals surface area (Å²) in [5, 5.41) is 21.1. The fraction of sp³-hybridized carbons (Fsp3) is 0.111. The molecule has 0 unspecified atom stereocenters. The van der Waals surface area contributed by atoms with Gasteiger partial charge < -0.3 is 25.5 Å². The summed E-state index contributed by atoms with van der Waals surface area (Å²) in [6, 6.07) is 2.30.